The molecule has 0 aliphatic rings. The van der Waals surface area contributed by atoms with Gasteiger partial charge in [-0.25, -0.2) is 0 Å². The molecule has 0 heterocycles. The van der Waals surface area contributed by atoms with E-state index in [9.17, 15) is 9.59 Å². The molecule has 0 aliphatic heterocycles. The monoisotopic (exact) mass is 304 g/mol. The average Bonchev–Trinajstić information content (AvgIpc) is 2.16. The molecule has 0 fully saturated rings. The molecular formula is C10H25N4NaO5. The SMILES string of the molecule is CC(C)CC(N)C(=O)O.CN(CC(=O)O)C(=N)N.O.[NaH]. The van der Waals surface area contributed by atoms with Gasteiger partial charge >= 0.3 is 41.5 Å². The van der Waals surface area contributed by atoms with E-state index in [2.05, 4.69) is 0 Å². The van der Waals surface area contributed by atoms with Crippen molar-refractivity contribution < 1.29 is 25.3 Å². The van der Waals surface area contributed by atoms with Crippen LogP contribution in [0.3, 0.4) is 0 Å². The van der Waals surface area contributed by atoms with Gasteiger partial charge in [-0.3, -0.25) is 15.0 Å². The molecule has 0 amide bonds. The Morgan fingerprint density at radius 3 is 1.80 bits per heavy atom. The molecule has 20 heavy (non-hydrogen) atoms. The van der Waals surface area contributed by atoms with Crippen LogP contribution in [0.5, 0.6) is 0 Å². The van der Waals surface area contributed by atoms with Crippen molar-refractivity contribution >= 4 is 47.5 Å². The molecule has 9 N–H and O–H groups in total. The molecule has 0 aromatic carbocycles. The van der Waals surface area contributed by atoms with Gasteiger partial charge in [0.1, 0.15) is 12.6 Å². The van der Waals surface area contributed by atoms with Crippen molar-refractivity contribution in [3.63, 3.8) is 0 Å². The zero-order chi connectivity index (χ0) is 14.9. The zero-order valence-electron chi connectivity index (χ0n) is 11.4. The van der Waals surface area contributed by atoms with E-state index in [1.165, 1.54) is 7.05 Å². The van der Waals surface area contributed by atoms with Crippen LogP contribution in [-0.2, 0) is 9.59 Å². The third-order valence-corrected chi connectivity index (χ3v) is 1.83. The van der Waals surface area contributed by atoms with E-state index in [-0.39, 0.29) is 47.5 Å². The van der Waals surface area contributed by atoms with Crippen LogP contribution in [0.4, 0.5) is 0 Å². The first kappa shape index (κ1) is 27.5. The first-order chi connectivity index (χ1) is 8.07. The number of hydrogen-bond donors (Lipinski definition) is 5. The Morgan fingerprint density at radius 1 is 1.30 bits per heavy atom. The third kappa shape index (κ3) is 19.5. The van der Waals surface area contributed by atoms with E-state index in [0.29, 0.717) is 12.3 Å². The number of rotatable bonds is 5. The van der Waals surface area contributed by atoms with Gasteiger partial charge in [0.05, 0.1) is 0 Å². The topological polar surface area (TPSA) is 185 Å². The summed E-state index contributed by atoms with van der Waals surface area (Å²) in [5.41, 5.74) is 10.1. The molecule has 0 radical (unpaired) electrons. The molecular weight excluding hydrogens is 279 g/mol. The van der Waals surface area contributed by atoms with Crippen LogP contribution in [0.1, 0.15) is 20.3 Å². The van der Waals surface area contributed by atoms with Crippen molar-refractivity contribution in [2.24, 2.45) is 17.4 Å². The van der Waals surface area contributed by atoms with Crippen molar-refractivity contribution in [1.82, 2.24) is 4.90 Å². The first-order valence-corrected chi connectivity index (χ1v) is 5.33. The Labute approximate surface area is 140 Å². The molecule has 0 saturated carbocycles. The number of likely N-dealkylation sites (N-methyl/N-ethyl adjacent to an activating group) is 1. The van der Waals surface area contributed by atoms with Gasteiger partial charge in [-0.15, -0.1) is 0 Å². The number of carboxylic acid groups (broad SMARTS) is 2. The molecule has 10 heteroatoms. The number of nitrogens with one attached hydrogen (secondary N) is 1. The maximum atomic E-state index is 10.1. The zero-order valence-corrected chi connectivity index (χ0v) is 11.4. The summed E-state index contributed by atoms with van der Waals surface area (Å²) in [5, 5.41) is 23.2. The molecule has 0 aromatic heterocycles. The van der Waals surface area contributed by atoms with Crippen molar-refractivity contribution in [3.8, 4) is 0 Å². The second-order valence-corrected chi connectivity index (χ2v) is 4.21. The van der Waals surface area contributed by atoms with E-state index in [1.807, 2.05) is 13.8 Å². The Hall–Kier alpha value is -0.870. The van der Waals surface area contributed by atoms with Crippen LogP contribution < -0.4 is 11.5 Å². The van der Waals surface area contributed by atoms with Gasteiger partial charge in [-0.05, 0) is 12.3 Å². The fourth-order valence-corrected chi connectivity index (χ4v) is 0.897. The Morgan fingerprint density at radius 2 is 1.70 bits per heavy atom. The number of nitrogens with zero attached hydrogens (tertiary/aromatic N) is 1. The van der Waals surface area contributed by atoms with E-state index >= 15 is 0 Å². The van der Waals surface area contributed by atoms with Crippen LogP contribution >= 0.6 is 0 Å². The first-order valence-electron chi connectivity index (χ1n) is 5.33. The van der Waals surface area contributed by atoms with Crippen LogP contribution in [-0.4, -0.2) is 87.7 Å². The predicted molar refractivity (Wildman–Crippen MR) is 78.0 cm³/mol. The number of carbonyl (C=O) groups is 2. The molecule has 116 valence electrons. The van der Waals surface area contributed by atoms with Crippen molar-refractivity contribution in [2.75, 3.05) is 13.6 Å². The fourth-order valence-electron chi connectivity index (χ4n) is 0.897. The fraction of sp³-hybridized carbons (Fsp3) is 0.700. The molecule has 1 unspecified atom stereocenters. The average molecular weight is 304 g/mol. The number of hydrogen-bond acceptors (Lipinski definition) is 4. The second kappa shape index (κ2) is 14.5. The van der Waals surface area contributed by atoms with Crippen LogP contribution in [0, 0.1) is 11.3 Å². The second-order valence-electron chi connectivity index (χ2n) is 4.21. The minimum atomic E-state index is -0.993. The van der Waals surface area contributed by atoms with E-state index in [1.54, 1.807) is 0 Å². The summed E-state index contributed by atoms with van der Waals surface area (Å²) in [6.45, 7) is 3.67. The Balaban J connectivity index is -0.000000116. The van der Waals surface area contributed by atoms with Gasteiger partial charge < -0.3 is 32.1 Å². The van der Waals surface area contributed by atoms with Crippen LogP contribution in [0.2, 0.25) is 0 Å². The standard InChI is InChI=1S/C6H13NO2.C4H9N3O2.Na.H2O.H/c1-4(2)3-5(7)6(8)9;1-7(4(5)6)2-3(8)9;;;/h4-5H,3,7H2,1-2H3,(H,8,9);2H2,1H3,(H3,5,6)(H,8,9);;1H2;. The summed E-state index contributed by atoms with van der Waals surface area (Å²) in [7, 11) is 1.44. The summed E-state index contributed by atoms with van der Waals surface area (Å²) in [6.07, 6.45) is 0.551. The minimum absolute atomic E-state index is 0. The van der Waals surface area contributed by atoms with Crippen LogP contribution in [0.25, 0.3) is 0 Å². The molecule has 0 aliphatic carbocycles. The summed E-state index contributed by atoms with van der Waals surface area (Å²) < 4.78 is 0. The van der Waals surface area contributed by atoms with Gasteiger partial charge in [-0.1, -0.05) is 13.8 Å². The predicted octanol–water partition coefficient (Wildman–Crippen LogP) is -2.13. The molecule has 0 aromatic rings. The van der Waals surface area contributed by atoms with Crippen molar-refractivity contribution in [3.05, 3.63) is 0 Å². The number of aliphatic carboxylic acids is 2. The summed E-state index contributed by atoms with van der Waals surface area (Å²) >= 11 is 0. The van der Waals surface area contributed by atoms with E-state index in [4.69, 9.17) is 27.1 Å². The number of nitrogens with two attached hydrogens (primary N) is 2. The van der Waals surface area contributed by atoms with Gasteiger partial charge in [0, 0.05) is 7.05 Å². The summed E-state index contributed by atoms with van der Waals surface area (Å²) in [5.74, 6) is -1.79. The number of carboxylic acids is 2. The normalized spacial score (nSPS) is 10.1. The Kier molecular flexibility index (Phi) is 20.0. The Bertz CT molecular complexity index is 301. The number of guanidine groups is 1. The summed E-state index contributed by atoms with van der Waals surface area (Å²) in [6, 6.07) is -0.690. The van der Waals surface area contributed by atoms with Gasteiger partial charge in [0.25, 0.3) is 0 Å². The molecule has 0 rings (SSSR count). The summed E-state index contributed by atoms with van der Waals surface area (Å²) in [4.78, 5) is 21.2. The maximum absolute atomic E-state index is 10.1. The third-order valence-electron chi connectivity index (χ3n) is 1.83. The van der Waals surface area contributed by atoms with Gasteiger partial charge in [-0.2, -0.15) is 0 Å². The van der Waals surface area contributed by atoms with Crippen LogP contribution in [0.15, 0.2) is 0 Å². The van der Waals surface area contributed by atoms with Gasteiger partial charge in [0.15, 0.2) is 5.96 Å². The molecule has 0 saturated heterocycles. The molecule has 0 spiro atoms. The van der Waals surface area contributed by atoms with Gasteiger partial charge in [0.2, 0.25) is 0 Å². The molecule has 9 nitrogen and oxygen atoms in total. The van der Waals surface area contributed by atoms with Crippen molar-refractivity contribution in [2.45, 2.75) is 26.3 Å². The molecule has 0 bridgehead atoms. The molecule has 1 atom stereocenters. The van der Waals surface area contributed by atoms with Crippen molar-refractivity contribution in [1.29, 1.82) is 5.41 Å². The van der Waals surface area contributed by atoms with E-state index < -0.39 is 18.0 Å². The quantitative estimate of drug-likeness (QED) is 0.218. The van der Waals surface area contributed by atoms with E-state index in [0.717, 1.165) is 4.90 Å².